The minimum absolute atomic E-state index is 0.240. The van der Waals surface area contributed by atoms with Crippen LogP contribution in [0.25, 0.3) is 11.4 Å². The molecule has 1 unspecified atom stereocenters. The summed E-state index contributed by atoms with van der Waals surface area (Å²) in [4.78, 5) is 1.36. The van der Waals surface area contributed by atoms with E-state index in [1.54, 1.807) is 23.1 Å². The first-order valence-electron chi connectivity index (χ1n) is 9.23. The number of halogens is 1. The molecule has 0 spiro atoms. The van der Waals surface area contributed by atoms with Crippen molar-refractivity contribution in [1.29, 1.82) is 0 Å². The van der Waals surface area contributed by atoms with Crippen LogP contribution >= 0.6 is 34.7 Å². The maximum absolute atomic E-state index is 6.31. The molecule has 4 rings (SSSR count). The highest BCUT2D eigenvalue weighted by molar-refractivity contribution is 7.98. The van der Waals surface area contributed by atoms with Gasteiger partial charge in [-0.15, -0.1) is 21.5 Å². The van der Waals surface area contributed by atoms with Gasteiger partial charge < -0.3 is 4.74 Å². The van der Waals surface area contributed by atoms with Crippen LogP contribution in [0.15, 0.2) is 40.9 Å². The Kier molecular flexibility index (Phi) is 6.18. The van der Waals surface area contributed by atoms with E-state index >= 15 is 0 Å². The van der Waals surface area contributed by atoms with E-state index in [4.69, 9.17) is 16.3 Å². The number of benzene rings is 1. The van der Waals surface area contributed by atoms with E-state index in [9.17, 15) is 0 Å². The molecular weight excluding hydrogens is 398 g/mol. The van der Waals surface area contributed by atoms with Gasteiger partial charge in [-0.3, -0.25) is 4.57 Å². The lowest BCUT2D eigenvalue weighted by Crippen LogP contribution is -2.16. The summed E-state index contributed by atoms with van der Waals surface area (Å²) in [5.74, 6) is 1.70. The largest absolute Gasteiger partial charge is 0.376 e. The van der Waals surface area contributed by atoms with Gasteiger partial charge in [-0.2, -0.15) is 0 Å². The van der Waals surface area contributed by atoms with Crippen LogP contribution < -0.4 is 0 Å². The molecule has 0 bridgehead atoms. The average molecular weight is 420 g/mol. The topological polar surface area (TPSA) is 39.9 Å². The third-order valence-corrected chi connectivity index (χ3v) is 7.17. The maximum Gasteiger partial charge on any atom is 0.191 e. The van der Waals surface area contributed by atoms with Gasteiger partial charge >= 0.3 is 0 Å². The fourth-order valence-corrected chi connectivity index (χ4v) is 5.25. The quantitative estimate of drug-likeness (QED) is 0.461. The van der Waals surface area contributed by atoms with Crippen molar-refractivity contribution in [2.24, 2.45) is 0 Å². The van der Waals surface area contributed by atoms with Crippen molar-refractivity contribution < 1.29 is 4.74 Å². The Bertz CT molecular complexity index is 902. The van der Waals surface area contributed by atoms with Crippen LogP contribution in [-0.2, 0) is 23.5 Å². The highest BCUT2D eigenvalue weighted by Gasteiger charge is 2.22. The van der Waals surface area contributed by atoms with Gasteiger partial charge in [0, 0.05) is 33.2 Å². The van der Waals surface area contributed by atoms with Crippen LogP contribution in [0.1, 0.15) is 30.2 Å². The molecule has 4 nitrogen and oxygen atoms in total. The Labute approximate surface area is 172 Å². The first-order chi connectivity index (χ1) is 13.2. The van der Waals surface area contributed by atoms with E-state index in [-0.39, 0.29) is 6.10 Å². The molecular formula is C20H22ClN3OS2. The number of rotatable bonds is 7. The van der Waals surface area contributed by atoms with Gasteiger partial charge in [-0.05, 0) is 37.0 Å². The standard InChI is InChI=1S/C20H22ClN3OS2/c1-2-17-10-15(13-26-17)19-22-23-20(24(19)11-16-7-5-9-25-16)27-12-14-6-3-4-8-18(14)21/h3-4,6,8,10,13,16H,2,5,7,9,11-12H2,1H3. The van der Waals surface area contributed by atoms with Crippen molar-refractivity contribution in [2.75, 3.05) is 6.61 Å². The molecule has 1 fully saturated rings. The highest BCUT2D eigenvalue weighted by Crippen LogP contribution is 2.31. The summed E-state index contributed by atoms with van der Waals surface area (Å²) in [6.45, 7) is 3.82. The molecule has 1 aromatic carbocycles. The van der Waals surface area contributed by atoms with Crippen LogP contribution in [0.4, 0.5) is 0 Å². The van der Waals surface area contributed by atoms with Gasteiger partial charge in [0.25, 0.3) is 0 Å². The molecule has 7 heteroatoms. The molecule has 0 saturated carbocycles. The van der Waals surface area contributed by atoms with E-state index in [2.05, 4.69) is 39.2 Å². The van der Waals surface area contributed by atoms with Gasteiger partial charge in [-0.25, -0.2) is 0 Å². The van der Waals surface area contributed by atoms with Gasteiger partial charge in [0.05, 0.1) is 12.6 Å². The molecule has 0 N–H and O–H groups in total. The Balaban J connectivity index is 1.60. The molecule has 1 atom stereocenters. The van der Waals surface area contributed by atoms with E-state index in [0.717, 1.165) is 65.3 Å². The third kappa shape index (κ3) is 4.40. The first kappa shape index (κ1) is 19.0. The van der Waals surface area contributed by atoms with Crippen molar-refractivity contribution in [1.82, 2.24) is 14.8 Å². The molecule has 1 aliphatic rings. The lowest BCUT2D eigenvalue weighted by atomic mass is 10.2. The highest BCUT2D eigenvalue weighted by atomic mass is 35.5. The summed E-state index contributed by atoms with van der Waals surface area (Å²) in [5.41, 5.74) is 2.26. The number of nitrogens with zero attached hydrogens (tertiary/aromatic N) is 3. The average Bonchev–Trinajstić information content (AvgIpc) is 3.42. The number of thiophene rings is 1. The zero-order valence-corrected chi connectivity index (χ0v) is 17.6. The smallest absolute Gasteiger partial charge is 0.191 e. The third-order valence-electron chi connectivity index (χ3n) is 4.70. The summed E-state index contributed by atoms with van der Waals surface area (Å²) in [5, 5.41) is 12.9. The van der Waals surface area contributed by atoms with Crippen LogP contribution in [0.5, 0.6) is 0 Å². The number of thioether (sulfide) groups is 1. The Morgan fingerprint density at radius 1 is 1.33 bits per heavy atom. The van der Waals surface area contributed by atoms with Crippen LogP contribution in [0.2, 0.25) is 5.02 Å². The normalized spacial score (nSPS) is 16.9. The summed E-state index contributed by atoms with van der Waals surface area (Å²) in [6.07, 6.45) is 3.50. The number of hydrogen-bond acceptors (Lipinski definition) is 5. The predicted octanol–water partition coefficient (Wildman–Crippen LogP) is 5.69. The monoisotopic (exact) mass is 419 g/mol. The Morgan fingerprint density at radius 2 is 2.22 bits per heavy atom. The van der Waals surface area contributed by atoms with Crippen molar-refractivity contribution in [2.45, 2.75) is 49.7 Å². The molecule has 27 heavy (non-hydrogen) atoms. The second-order valence-electron chi connectivity index (χ2n) is 6.59. The van der Waals surface area contributed by atoms with Crippen LogP contribution in [0.3, 0.4) is 0 Å². The number of aromatic nitrogens is 3. The number of hydrogen-bond donors (Lipinski definition) is 0. The lowest BCUT2D eigenvalue weighted by molar-refractivity contribution is 0.0953. The molecule has 0 aliphatic carbocycles. The predicted molar refractivity (Wildman–Crippen MR) is 113 cm³/mol. The van der Waals surface area contributed by atoms with Gasteiger partial charge in [0.2, 0.25) is 0 Å². The van der Waals surface area contributed by atoms with Crippen LogP contribution in [0, 0.1) is 0 Å². The fraction of sp³-hybridized carbons (Fsp3) is 0.400. The lowest BCUT2D eigenvalue weighted by Gasteiger charge is -2.14. The molecule has 1 aliphatic heterocycles. The van der Waals surface area contributed by atoms with E-state index in [1.807, 2.05) is 18.2 Å². The zero-order valence-electron chi connectivity index (χ0n) is 15.2. The fourth-order valence-electron chi connectivity index (χ4n) is 3.21. The summed E-state index contributed by atoms with van der Waals surface area (Å²) in [6, 6.07) is 10.2. The first-order valence-corrected chi connectivity index (χ1v) is 11.5. The van der Waals surface area contributed by atoms with Crippen molar-refractivity contribution in [3.05, 3.63) is 51.2 Å². The van der Waals surface area contributed by atoms with Crippen molar-refractivity contribution >= 4 is 34.7 Å². The molecule has 2 aromatic heterocycles. The van der Waals surface area contributed by atoms with Crippen LogP contribution in [-0.4, -0.2) is 27.5 Å². The second kappa shape index (κ2) is 8.78. The van der Waals surface area contributed by atoms with Gasteiger partial charge in [-0.1, -0.05) is 48.5 Å². The molecule has 3 aromatic rings. The second-order valence-corrected chi connectivity index (χ2v) is 8.93. The van der Waals surface area contributed by atoms with Crippen molar-refractivity contribution in [3.8, 4) is 11.4 Å². The number of ether oxygens (including phenoxy) is 1. The van der Waals surface area contributed by atoms with Crippen molar-refractivity contribution in [3.63, 3.8) is 0 Å². The van der Waals surface area contributed by atoms with E-state index in [0.29, 0.717) is 0 Å². The van der Waals surface area contributed by atoms with Gasteiger partial charge in [0.15, 0.2) is 11.0 Å². The number of aryl methyl sites for hydroxylation is 1. The minimum Gasteiger partial charge on any atom is -0.376 e. The van der Waals surface area contributed by atoms with E-state index < -0.39 is 0 Å². The molecule has 0 amide bonds. The Morgan fingerprint density at radius 3 is 2.96 bits per heavy atom. The summed E-state index contributed by atoms with van der Waals surface area (Å²) >= 11 is 9.77. The molecule has 0 radical (unpaired) electrons. The molecule has 142 valence electrons. The zero-order chi connectivity index (χ0) is 18.6. The maximum atomic E-state index is 6.31. The van der Waals surface area contributed by atoms with E-state index in [1.165, 1.54) is 4.88 Å². The molecule has 3 heterocycles. The summed E-state index contributed by atoms with van der Waals surface area (Å²) in [7, 11) is 0. The van der Waals surface area contributed by atoms with Gasteiger partial charge in [0.1, 0.15) is 0 Å². The SMILES string of the molecule is CCc1cc(-c2nnc(SCc3ccccc3Cl)n2CC2CCCO2)cs1. The minimum atomic E-state index is 0.240. The summed E-state index contributed by atoms with van der Waals surface area (Å²) < 4.78 is 8.10. The molecule has 1 saturated heterocycles. The Hall–Kier alpha value is -1.34.